The Kier molecular flexibility index (Phi) is 5.87. The normalized spacial score (nSPS) is 33.3. The Morgan fingerprint density at radius 3 is 2.61 bits per heavy atom. The van der Waals surface area contributed by atoms with Gasteiger partial charge in [0.05, 0.1) is 17.9 Å². The maximum atomic E-state index is 14.6. The minimum atomic E-state index is -0.296. The molecule has 1 heterocycles. The first-order valence-corrected chi connectivity index (χ1v) is 11.2. The van der Waals surface area contributed by atoms with Gasteiger partial charge in [0.15, 0.2) is 0 Å². The maximum absolute atomic E-state index is 14.6. The lowest BCUT2D eigenvalue weighted by atomic mass is 9.52. The second kappa shape index (κ2) is 8.31. The first-order chi connectivity index (χ1) is 14.8. The Hall–Kier alpha value is -2.32. The fourth-order valence-corrected chi connectivity index (χ4v) is 6.69. The monoisotopic (exact) mass is 424 g/mol. The van der Waals surface area contributed by atoms with Gasteiger partial charge in [0, 0.05) is 6.20 Å². The van der Waals surface area contributed by atoms with E-state index in [2.05, 4.69) is 18.8 Å². The lowest BCUT2D eigenvalue weighted by Gasteiger charge is -2.53. The fourth-order valence-electron chi connectivity index (χ4n) is 6.69. The number of nitrogens with zero attached hydrogens (tertiary/aromatic N) is 2. The van der Waals surface area contributed by atoms with Crippen molar-refractivity contribution in [2.75, 3.05) is 0 Å². The molecule has 6 atom stereocenters. The third kappa shape index (κ3) is 3.65. The van der Waals surface area contributed by atoms with Gasteiger partial charge in [0.2, 0.25) is 0 Å². The van der Waals surface area contributed by atoms with Crippen molar-refractivity contribution in [2.45, 2.75) is 64.9 Å². The van der Waals surface area contributed by atoms with Crippen LogP contribution in [0.2, 0.25) is 0 Å². The first-order valence-electron chi connectivity index (χ1n) is 11.2. The van der Waals surface area contributed by atoms with Gasteiger partial charge in [-0.1, -0.05) is 19.9 Å². The second-order valence-electron chi connectivity index (χ2n) is 9.85. The van der Waals surface area contributed by atoms with E-state index in [0.717, 1.165) is 43.2 Å². The Balaban J connectivity index is 0.000000245. The first kappa shape index (κ1) is 21.9. The van der Waals surface area contributed by atoms with E-state index in [1.54, 1.807) is 25.3 Å². The minimum Gasteiger partial charge on any atom is -0.393 e. The smallest absolute Gasteiger partial charge is 0.144 e. The maximum Gasteiger partial charge on any atom is 0.144 e. The number of pyridine rings is 1. The topological polar surface area (TPSA) is 56.9 Å². The number of benzene rings is 1. The van der Waals surface area contributed by atoms with E-state index >= 15 is 0 Å². The largest absolute Gasteiger partial charge is 0.393 e. The predicted octanol–water partition coefficient (Wildman–Crippen LogP) is 5.69. The lowest BCUT2D eigenvalue weighted by Crippen LogP contribution is -2.47. The van der Waals surface area contributed by atoms with E-state index in [0.29, 0.717) is 29.2 Å². The van der Waals surface area contributed by atoms with E-state index in [-0.39, 0.29) is 28.7 Å². The number of aryl methyl sites for hydroxylation is 1. The van der Waals surface area contributed by atoms with Crippen LogP contribution in [0.25, 0.3) is 0 Å². The van der Waals surface area contributed by atoms with Crippen molar-refractivity contribution in [3.05, 3.63) is 64.5 Å². The molecule has 2 saturated carbocycles. The zero-order valence-electron chi connectivity index (χ0n) is 18.4. The number of hydrogen-bond acceptors (Lipinski definition) is 3. The van der Waals surface area contributed by atoms with Crippen LogP contribution in [0.15, 0.2) is 30.6 Å². The summed E-state index contributed by atoms with van der Waals surface area (Å²) in [5.41, 5.74) is 2.75. The molecule has 5 rings (SSSR count). The highest BCUT2D eigenvalue weighted by Crippen LogP contribution is 2.62. The molecule has 3 unspecified atom stereocenters. The van der Waals surface area contributed by atoms with Gasteiger partial charge in [-0.15, -0.1) is 0 Å². The van der Waals surface area contributed by atoms with Crippen molar-refractivity contribution in [2.24, 2.45) is 23.2 Å². The second-order valence-corrected chi connectivity index (χ2v) is 9.85. The highest BCUT2D eigenvalue weighted by atomic mass is 19.1. The van der Waals surface area contributed by atoms with Crippen molar-refractivity contribution in [3.8, 4) is 6.07 Å². The van der Waals surface area contributed by atoms with Crippen LogP contribution in [0.1, 0.15) is 67.7 Å². The summed E-state index contributed by atoms with van der Waals surface area (Å²) in [6.07, 6.45) is 7.32. The molecule has 0 spiro atoms. The Morgan fingerprint density at radius 2 is 1.97 bits per heavy atom. The fraction of sp³-hybridized carbons (Fsp3) is 0.538. The van der Waals surface area contributed by atoms with Crippen molar-refractivity contribution in [1.82, 2.24) is 4.98 Å². The number of rotatable bonds is 0. The third-order valence-corrected chi connectivity index (χ3v) is 8.17. The van der Waals surface area contributed by atoms with Gasteiger partial charge < -0.3 is 5.11 Å². The molecule has 1 aromatic heterocycles. The minimum absolute atomic E-state index is 0.0310. The summed E-state index contributed by atoms with van der Waals surface area (Å²) in [7, 11) is 0. The molecule has 1 N–H and O–H groups in total. The van der Waals surface area contributed by atoms with Crippen LogP contribution in [-0.2, 0) is 6.42 Å². The van der Waals surface area contributed by atoms with Crippen LogP contribution in [0.4, 0.5) is 8.78 Å². The van der Waals surface area contributed by atoms with Gasteiger partial charge in [-0.25, -0.2) is 8.78 Å². The molecular weight excluding hydrogens is 394 g/mol. The molecule has 31 heavy (non-hydrogen) atoms. The van der Waals surface area contributed by atoms with Crippen molar-refractivity contribution < 1.29 is 13.9 Å². The van der Waals surface area contributed by atoms with Crippen LogP contribution >= 0.6 is 0 Å². The molecule has 0 aliphatic heterocycles. The van der Waals surface area contributed by atoms with Gasteiger partial charge in [-0.2, -0.15) is 5.26 Å². The molecule has 164 valence electrons. The Labute approximate surface area is 183 Å². The summed E-state index contributed by atoms with van der Waals surface area (Å²) in [6, 6.07) is 7.26. The summed E-state index contributed by atoms with van der Waals surface area (Å²) < 4.78 is 26.8. The number of nitriles is 1. The summed E-state index contributed by atoms with van der Waals surface area (Å²) in [4.78, 5) is 3.57. The van der Waals surface area contributed by atoms with Crippen LogP contribution < -0.4 is 0 Å². The molecule has 2 fully saturated rings. The predicted molar refractivity (Wildman–Crippen MR) is 115 cm³/mol. The number of aromatic nitrogens is 1. The SMILES string of the molecule is C[C@H]1C[C@@]2(C)C(CC[C@@H]2O)C2CCc3c(ccc(C#N)c3F)C21.Cc1ccncc1F. The number of fused-ring (bicyclic) bond motifs is 5. The van der Waals surface area contributed by atoms with E-state index in [9.17, 15) is 13.9 Å². The number of hydrogen-bond donors (Lipinski definition) is 1. The van der Waals surface area contributed by atoms with E-state index in [1.807, 2.05) is 12.1 Å². The third-order valence-electron chi connectivity index (χ3n) is 8.17. The number of aliphatic hydroxyl groups is 1. The molecule has 3 aliphatic carbocycles. The molecule has 3 nitrogen and oxygen atoms in total. The average molecular weight is 425 g/mol. The highest BCUT2D eigenvalue weighted by molar-refractivity contribution is 5.44. The van der Waals surface area contributed by atoms with Crippen molar-refractivity contribution in [3.63, 3.8) is 0 Å². The molecule has 0 bridgehead atoms. The van der Waals surface area contributed by atoms with E-state index < -0.39 is 0 Å². The number of aliphatic hydroxyl groups excluding tert-OH is 1. The summed E-state index contributed by atoms with van der Waals surface area (Å²) >= 11 is 0. The highest BCUT2D eigenvalue weighted by Gasteiger charge is 2.56. The van der Waals surface area contributed by atoms with Gasteiger partial charge >= 0.3 is 0 Å². The zero-order chi connectivity index (χ0) is 22.3. The molecular formula is C26H30F2N2O. The molecule has 5 heteroatoms. The Morgan fingerprint density at radius 1 is 1.19 bits per heavy atom. The molecule has 0 radical (unpaired) electrons. The summed E-state index contributed by atoms with van der Waals surface area (Å²) in [6.45, 7) is 6.23. The van der Waals surface area contributed by atoms with Crippen molar-refractivity contribution >= 4 is 0 Å². The molecule has 2 aromatic rings. The van der Waals surface area contributed by atoms with Crippen molar-refractivity contribution in [1.29, 1.82) is 5.26 Å². The van der Waals surface area contributed by atoms with Gasteiger partial charge in [0.25, 0.3) is 0 Å². The Bertz CT molecular complexity index is 996. The van der Waals surface area contributed by atoms with Crippen LogP contribution in [-0.4, -0.2) is 16.2 Å². The van der Waals surface area contributed by atoms with E-state index in [1.165, 1.54) is 6.20 Å². The molecule has 0 saturated heterocycles. The van der Waals surface area contributed by atoms with Crippen LogP contribution in [0.5, 0.6) is 0 Å². The molecule has 1 aromatic carbocycles. The van der Waals surface area contributed by atoms with Crippen LogP contribution in [0.3, 0.4) is 0 Å². The van der Waals surface area contributed by atoms with Gasteiger partial charge in [-0.3, -0.25) is 4.98 Å². The summed E-state index contributed by atoms with van der Waals surface area (Å²) in [5, 5.41) is 19.6. The molecule has 3 aliphatic rings. The quantitative estimate of drug-likeness (QED) is 0.591. The van der Waals surface area contributed by atoms with E-state index in [4.69, 9.17) is 5.26 Å². The lowest BCUT2D eigenvalue weighted by molar-refractivity contribution is -0.0443. The van der Waals surface area contributed by atoms with Gasteiger partial charge in [0.1, 0.15) is 17.7 Å². The number of halogens is 2. The average Bonchev–Trinajstić information content (AvgIpc) is 3.05. The van der Waals surface area contributed by atoms with Gasteiger partial charge in [-0.05, 0) is 96.9 Å². The van der Waals surface area contributed by atoms with Crippen LogP contribution in [0, 0.1) is 53.1 Å². The standard InChI is InChI=1S/C20H24FNO.C6H6FN/c1-11-9-20(2)16(7-8-17(20)23)15-6-5-14-13(18(11)15)4-3-12(10-22)19(14)21;1-5-2-3-8-4-6(5)7/h3-4,11,15-18,23H,5-9H2,1-2H3;2-4H,1H3/t11-,15?,16?,17-,18?,20-;/m0./s1. The molecule has 0 amide bonds. The summed E-state index contributed by atoms with van der Waals surface area (Å²) in [5.74, 6) is 1.37. The zero-order valence-corrected chi connectivity index (χ0v) is 18.4.